The van der Waals surface area contributed by atoms with Crippen molar-refractivity contribution in [3.8, 4) is 5.75 Å². The summed E-state index contributed by atoms with van der Waals surface area (Å²) in [5.41, 5.74) is 7.06. The molecule has 2 N–H and O–H groups in total. The van der Waals surface area contributed by atoms with Crippen LogP contribution in [-0.4, -0.2) is 5.60 Å². The third kappa shape index (κ3) is 6.08. The van der Waals surface area contributed by atoms with E-state index in [0.717, 1.165) is 24.2 Å². The van der Waals surface area contributed by atoms with Crippen molar-refractivity contribution < 1.29 is 4.74 Å². The third-order valence-corrected chi connectivity index (χ3v) is 2.41. The minimum Gasteiger partial charge on any atom is -0.488 e. The Morgan fingerprint density at radius 2 is 1.83 bits per heavy atom. The van der Waals surface area contributed by atoms with Crippen LogP contribution in [0.5, 0.6) is 5.75 Å². The molecule has 0 aliphatic rings. The summed E-state index contributed by atoms with van der Waals surface area (Å²) < 4.78 is 5.76. The van der Waals surface area contributed by atoms with Gasteiger partial charge in [0, 0.05) is 6.04 Å². The zero-order valence-electron chi connectivity index (χ0n) is 11.5. The molecule has 0 aliphatic carbocycles. The Morgan fingerprint density at radius 1 is 1.28 bits per heavy atom. The van der Waals surface area contributed by atoms with E-state index >= 15 is 0 Å². The minimum absolute atomic E-state index is 0. The van der Waals surface area contributed by atoms with Gasteiger partial charge in [0.25, 0.3) is 0 Å². The highest BCUT2D eigenvalue weighted by Gasteiger charge is 2.12. The SMILES string of the molecule is C=CCC[C@@H](N)c1ccc(OC(C)(C)C)cc1.Cl. The maximum atomic E-state index is 6.07. The molecule has 0 saturated carbocycles. The van der Waals surface area contributed by atoms with Gasteiger partial charge in [-0.05, 0) is 51.3 Å². The molecular weight excluding hydrogens is 246 g/mol. The molecule has 0 aliphatic heterocycles. The van der Waals surface area contributed by atoms with Crippen LogP contribution in [0.15, 0.2) is 36.9 Å². The van der Waals surface area contributed by atoms with Gasteiger partial charge in [-0.25, -0.2) is 0 Å². The number of hydrogen-bond acceptors (Lipinski definition) is 2. The van der Waals surface area contributed by atoms with Gasteiger partial charge in [0.15, 0.2) is 0 Å². The second kappa shape index (κ2) is 7.45. The van der Waals surface area contributed by atoms with Crippen molar-refractivity contribution in [2.75, 3.05) is 0 Å². The third-order valence-electron chi connectivity index (χ3n) is 2.41. The van der Waals surface area contributed by atoms with Gasteiger partial charge in [0.05, 0.1) is 0 Å². The van der Waals surface area contributed by atoms with Crippen molar-refractivity contribution in [1.29, 1.82) is 0 Å². The average molecular weight is 270 g/mol. The van der Waals surface area contributed by atoms with E-state index < -0.39 is 0 Å². The quantitative estimate of drug-likeness (QED) is 0.811. The van der Waals surface area contributed by atoms with Crippen molar-refractivity contribution in [1.82, 2.24) is 0 Å². The summed E-state index contributed by atoms with van der Waals surface area (Å²) in [6, 6.07) is 8.11. The van der Waals surface area contributed by atoms with Gasteiger partial charge in [-0.2, -0.15) is 0 Å². The lowest BCUT2D eigenvalue weighted by Crippen LogP contribution is -2.22. The monoisotopic (exact) mass is 269 g/mol. The highest BCUT2D eigenvalue weighted by atomic mass is 35.5. The van der Waals surface area contributed by atoms with Crippen LogP contribution in [0.25, 0.3) is 0 Å². The summed E-state index contributed by atoms with van der Waals surface area (Å²) in [5, 5.41) is 0. The topological polar surface area (TPSA) is 35.2 Å². The number of ether oxygens (including phenoxy) is 1. The Kier molecular flexibility index (Phi) is 7.04. The fourth-order valence-electron chi connectivity index (χ4n) is 1.60. The zero-order valence-corrected chi connectivity index (χ0v) is 12.3. The Balaban J connectivity index is 0.00000289. The molecule has 0 radical (unpaired) electrons. The molecule has 0 spiro atoms. The lowest BCUT2D eigenvalue weighted by atomic mass is 10.0. The standard InChI is InChI=1S/C15H23NO.ClH/c1-5-6-7-14(16)12-8-10-13(11-9-12)17-15(2,3)4;/h5,8-11,14H,1,6-7,16H2,2-4H3;1H/t14-;/m1./s1. The molecule has 0 fully saturated rings. The first-order chi connectivity index (χ1) is 7.92. The molecule has 2 nitrogen and oxygen atoms in total. The number of hydrogen-bond donors (Lipinski definition) is 1. The van der Waals surface area contributed by atoms with Crippen LogP contribution < -0.4 is 10.5 Å². The van der Waals surface area contributed by atoms with Crippen LogP contribution in [-0.2, 0) is 0 Å². The molecule has 0 bridgehead atoms. The largest absolute Gasteiger partial charge is 0.488 e. The van der Waals surface area contributed by atoms with E-state index in [1.165, 1.54) is 0 Å². The summed E-state index contributed by atoms with van der Waals surface area (Å²) in [6.07, 6.45) is 3.78. The average Bonchev–Trinajstić information content (AvgIpc) is 2.24. The van der Waals surface area contributed by atoms with Crippen molar-refractivity contribution >= 4 is 12.4 Å². The first kappa shape index (κ1) is 17.0. The van der Waals surface area contributed by atoms with E-state index in [-0.39, 0.29) is 24.0 Å². The molecule has 0 saturated heterocycles. The molecule has 0 aromatic heterocycles. The molecule has 0 amide bonds. The Hall–Kier alpha value is -0.990. The zero-order chi connectivity index (χ0) is 12.9. The van der Waals surface area contributed by atoms with Crippen LogP contribution in [0, 0.1) is 0 Å². The van der Waals surface area contributed by atoms with Gasteiger partial charge < -0.3 is 10.5 Å². The summed E-state index contributed by atoms with van der Waals surface area (Å²) in [6.45, 7) is 9.82. The predicted molar refractivity (Wildman–Crippen MR) is 80.4 cm³/mol. The molecular formula is C15H24ClNO. The second-order valence-electron chi connectivity index (χ2n) is 5.26. The Labute approximate surface area is 117 Å². The maximum absolute atomic E-state index is 6.07. The normalized spacial score (nSPS) is 12.4. The van der Waals surface area contributed by atoms with Crippen LogP contribution in [0.4, 0.5) is 0 Å². The molecule has 1 aromatic carbocycles. The molecule has 1 aromatic rings. The number of halogens is 1. The highest BCUT2D eigenvalue weighted by Crippen LogP contribution is 2.22. The smallest absolute Gasteiger partial charge is 0.120 e. The lowest BCUT2D eigenvalue weighted by molar-refractivity contribution is 0.131. The van der Waals surface area contributed by atoms with Gasteiger partial charge in [-0.1, -0.05) is 18.2 Å². The summed E-state index contributed by atoms with van der Waals surface area (Å²) in [4.78, 5) is 0. The van der Waals surface area contributed by atoms with E-state index in [2.05, 4.69) is 6.58 Å². The summed E-state index contributed by atoms with van der Waals surface area (Å²) in [7, 11) is 0. The second-order valence-corrected chi connectivity index (χ2v) is 5.26. The van der Waals surface area contributed by atoms with Crippen molar-refractivity contribution in [3.63, 3.8) is 0 Å². The van der Waals surface area contributed by atoms with Gasteiger partial charge in [0.2, 0.25) is 0 Å². The van der Waals surface area contributed by atoms with Crippen LogP contribution >= 0.6 is 12.4 Å². The molecule has 1 atom stereocenters. The first-order valence-corrected chi connectivity index (χ1v) is 6.08. The first-order valence-electron chi connectivity index (χ1n) is 6.08. The lowest BCUT2D eigenvalue weighted by Gasteiger charge is -2.21. The molecule has 0 unspecified atom stereocenters. The van der Waals surface area contributed by atoms with Gasteiger partial charge >= 0.3 is 0 Å². The van der Waals surface area contributed by atoms with Crippen LogP contribution in [0.2, 0.25) is 0 Å². The number of allylic oxidation sites excluding steroid dienone is 1. The molecule has 1 rings (SSSR count). The van der Waals surface area contributed by atoms with Crippen molar-refractivity contribution in [2.45, 2.75) is 45.3 Å². The summed E-state index contributed by atoms with van der Waals surface area (Å²) in [5.74, 6) is 0.886. The van der Waals surface area contributed by atoms with Gasteiger partial charge in [0.1, 0.15) is 11.4 Å². The van der Waals surface area contributed by atoms with Crippen LogP contribution in [0.3, 0.4) is 0 Å². The number of nitrogens with two attached hydrogens (primary N) is 1. The fourth-order valence-corrected chi connectivity index (χ4v) is 1.60. The van der Waals surface area contributed by atoms with E-state index in [0.29, 0.717) is 0 Å². The van der Waals surface area contributed by atoms with Crippen molar-refractivity contribution in [3.05, 3.63) is 42.5 Å². The van der Waals surface area contributed by atoms with E-state index in [9.17, 15) is 0 Å². The van der Waals surface area contributed by atoms with Gasteiger partial charge in [-0.3, -0.25) is 0 Å². The van der Waals surface area contributed by atoms with Crippen LogP contribution in [0.1, 0.15) is 45.2 Å². The molecule has 0 heterocycles. The van der Waals surface area contributed by atoms with E-state index in [1.807, 2.05) is 51.1 Å². The minimum atomic E-state index is -0.160. The fraction of sp³-hybridized carbons (Fsp3) is 0.467. The number of rotatable bonds is 5. The number of benzene rings is 1. The highest BCUT2D eigenvalue weighted by molar-refractivity contribution is 5.85. The van der Waals surface area contributed by atoms with Gasteiger partial charge in [-0.15, -0.1) is 19.0 Å². The Morgan fingerprint density at radius 3 is 2.28 bits per heavy atom. The summed E-state index contributed by atoms with van der Waals surface area (Å²) >= 11 is 0. The molecule has 3 heteroatoms. The Bertz CT molecular complexity index is 354. The molecule has 18 heavy (non-hydrogen) atoms. The van der Waals surface area contributed by atoms with E-state index in [1.54, 1.807) is 0 Å². The molecule has 102 valence electrons. The van der Waals surface area contributed by atoms with E-state index in [4.69, 9.17) is 10.5 Å². The maximum Gasteiger partial charge on any atom is 0.120 e. The predicted octanol–water partition coefficient (Wildman–Crippen LogP) is 4.25. The van der Waals surface area contributed by atoms with Crippen molar-refractivity contribution in [2.24, 2.45) is 5.73 Å².